The molecule has 5 heteroatoms. The Morgan fingerprint density at radius 1 is 1.43 bits per heavy atom. The van der Waals surface area contributed by atoms with Crippen LogP contribution in [0.3, 0.4) is 0 Å². The number of amides is 1. The van der Waals surface area contributed by atoms with Crippen molar-refractivity contribution in [2.75, 3.05) is 13.2 Å². The van der Waals surface area contributed by atoms with Gasteiger partial charge in [-0.25, -0.2) is 0 Å². The molecule has 1 rings (SSSR count). The Labute approximate surface area is 132 Å². The van der Waals surface area contributed by atoms with Gasteiger partial charge in [0.25, 0.3) is 0 Å². The lowest BCUT2D eigenvalue weighted by Gasteiger charge is -2.33. The van der Waals surface area contributed by atoms with Crippen LogP contribution in [0.25, 0.3) is 0 Å². The molecule has 118 valence electrons. The average Bonchev–Trinajstić information content (AvgIpc) is 2.45. The van der Waals surface area contributed by atoms with Crippen LogP contribution < -0.4 is 15.8 Å². The summed E-state index contributed by atoms with van der Waals surface area (Å²) in [4.78, 5) is 12.0. The van der Waals surface area contributed by atoms with E-state index in [0.29, 0.717) is 36.8 Å². The van der Waals surface area contributed by atoms with E-state index in [4.69, 9.17) is 22.1 Å². The normalized spacial score (nSPS) is 13.8. The molecule has 1 unspecified atom stereocenters. The van der Waals surface area contributed by atoms with Gasteiger partial charge in [0.05, 0.1) is 17.2 Å². The number of nitrogens with one attached hydrogen (secondary N) is 1. The Hall–Kier alpha value is -1.26. The van der Waals surface area contributed by atoms with Gasteiger partial charge in [-0.3, -0.25) is 4.79 Å². The molecule has 0 fully saturated rings. The molecule has 1 aromatic rings. The molecule has 21 heavy (non-hydrogen) atoms. The number of rotatable bonds is 8. The van der Waals surface area contributed by atoms with Crippen molar-refractivity contribution in [3.8, 4) is 5.75 Å². The van der Waals surface area contributed by atoms with Gasteiger partial charge in [0, 0.05) is 13.0 Å². The van der Waals surface area contributed by atoms with Crippen molar-refractivity contribution >= 4 is 17.5 Å². The van der Waals surface area contributed by atoms with Gasteiger partial charge in [0.2, 0.25) is 5.91 Å². The summed E-state index contributed by atoms with van der Waals surface area (Å²) < 4.78 is 5.55. The molecular formula is C16H25ClN2O2. The predicted molar refractivity (Wildman–Crippen MR) is 86.6 cm³/mol. The molecule has 0 saturated carbocycles. The first-order valence-corrected chi connectivity index (χ1v) is 7.65. The van der Waals surface area contributed by atoms with Crippen LogP contribution in [0.1, 0.15) is 33.6 Å². The molecule has 1 amide bonds. The lowest BCUT2D eigenvalue weighted by Crippen LogP contribution is -2.55. The third kappa shape index (κ3) is 5.56. The van der Waals surface area contributed by atoms with Crippen LogP contribution >= 0.6 is 11.6 Å². The topological polar surface area (TPSA) is 64.3 Å². The highest BCUT2D eigenvalue weighted by molar-refractivity contribution is 6.32. The number of nitrogens with two attached hydrogens (primary N) is 1. The van der Waals surface area contributed by atoms with E-state index in [1.807, 2.05) is 39.0 Å². The summed E-state index contributed by atoms with van der Waals surface area (Å²) in [6, 6.07) is 7.30. The standard InChI is InChI=1S/C16H25ClN2O2/c1-12(2)16(3,11-18)19-15(20)9-6-10-21-14-8-5-4-7-13(14)17/h4-5,7-8,12H,6,9-11,18H2,1-3H3,(H,19,20). The van der Waals surface area contributed by atoms with Crippen LogP contribution in [0.15, 0.2) is 24.3 Å². The smallest absolute Gasteiger partial charge is 0.220 e. The van der Waals surface area contributed by atoms with Crippen molar-refractivity contribution in [1.29, 1.82) is 0 Å². The van der Waals surface area contributed by atoms with E-state index >= 15 is 0 Å². The second-order valence-electron chi connectivity index (χ2n) is 5.71. The second-order valence-corrected chi connectivity index (χ2v) is 6.11. The minimum Gasteiger partial charge on any atom is -0.492 e. The van der Waals surface area contributed by atoms with E-state index < -0.39 is 0 Å². The zero-order chi connectivity index (χ0) is 15.9. The fourth-order valence-electron chi connectivity index (χ4n) is 1.79. The monoisotopic (exact) mass is 312 g/mol. The molecule has 1 aromatic carbocycles. The molecule has 0 aliphatic rings. The first-order valence-electron chi connectivity index (χ1n) is 7.27. The van der Waals surface area contributed by atoms with Gasteiger partial charge in [-0.05, 0) is 31.4 Å². The number of halogens is 1. The summed E-state index contributed by atoms with van der Waals surface area (Å²) in [5.74, 6) is 0.929. The fourth-order valence-corrected chi connectivity index (χ4v) is 1.98. The van der Waals surface area contributed by atoms with Crippen molar-refractivity contribution in [2.24, 2.45) is 11.7 Å². The van der Waals surface area contributed by atoms with Crippen LogP contribution in [0.5, 0.6) is 5.75 Å². The molecule has 4 nitrogen and oxygen atoms in total. The number of para-hydroxylation sites is 1. The van der Waals surface area contributed by atoms with Crippen LogP contribution in [-0.2, 0) is 4.79 Å². The van der Waals surface area contributed by atoms with Crippen LogP contribution in [-0.4, -0.2) is 24.6 Å². The van der Waals surface area contributed by atoms with Crippen molar-refractivity contribution in [2.45, 2.75) is 39.2 Å². The molecule has 0 spiro atoms. The number of benzene rings is 1. The number of hydrogen-bond acceptors (Lipinski definition) is 3. The van der Waals surface area contributed by atoms with E-state index in [1.165, 1.54) is 0 Å². The molecule has 0 aromatic heterocycles. The van der Waals surface area contributed by atoms with E-state index in [2.05, 4.69) is 5.32 Å². The van der Waals surface area contributed by atoms with Gasteiger partial charge in [-0.15, -0.1) is 0 Å². The van der Waals surface area contributed by atoms with Gasteiger partial charge in [-0.2, -0.15) is 0 Å². The van der Waals surface area contributed by atoms with Gasteiger partial charge in [-0.1, -0.05) is 37.6 Å². The minimum absolute atomic E-state index is 0.000548. The summed E-state index contributed by atoms with van der Waals surface area (Å²) in [6.45, 7) is 6.95. The zero-order valence-electron chi connectivity index (χ0n) is 13.0. The maximum Gasteiger partial charge on any atom is 0.220 e. The first kappa shape index (κ1) is 17.8. The predicted octanol–water partition coefficient (Wildman–Crippen LogP) is 2.99. The Kier molecular flexibility index (Phi) is 6.99. The van der Waals surface area contributed by atoms with Crippen molar-refractivity contribution in [3.05, 3.63) is 29.3 Å². The third-order valence-electron chi connectivity index (χ3n) is 3.77. The summed E-state index contributed by atoms with van der Waals surface area (Å²) in [7, 11) is 0. The van der Waals surface area contributed by atoms with Gasteiger partial charge in [0.15, 0.2) is 0 Å². The summed E-state index contributed by atoms with van der Waals surface area (Å²) >= 11 is 5.99. The average molecular weight is 313 g/mol. The summed E-state index contributed by atoms with van der Waals surface area (Å²) in [6.07, 6.45) is 1.04. The lowest BCUT2D eigenvalue weighted by molar-refractivity contribution is -0.123. The highest BCUT2D eigenvalue weighted by Crippen LogP contribution is 2.23. The number of hydrogen-bond donors (Lipinski definition) is 2. The second kappa shape index (κ2) is 8.25. The Bertz CT molecular complexity index is 465. The lowest BCUT2D eigenvalue weighted by atomic mass is 9.88. The van der Waals surface area contributed by atoms with Crippen LogP contribution in [0, 0.1) is 5.92 Å². The van der Waals surface area contributed by atoms with Gasteiger partial charge < -0.3 is 15.8 Å². The Morgan fingerprint density at radius 2 is 2.10 bits per heavy atom. The van der Waals surface area contributed by atoms with Crippen molar-refractivity contribution in [1.82, 2.24) is 5.32 Å². The third-order valence-corrected chi connectivity index (χ3v) is 4.08. The Morgan fingerprint density at radius 3 is 2.67 bits per heavy atom. The highest BCUT2D eigenvalue weighted by Gasteiger charge is 2.28. The number of ether oxygens (including phenoxy) is 1. The Balaban J connectivity index is 2.33. The highest BCUT2D eigenvalue weighted by atomic mass is 35.5. The van der Waals surface area contributed by atoms with E-state index in [0.717, 1.165) is 0 Å². The van der Waals surface area contributed by atoms with Gasteiger partial charge >= 0.3 is 0 Å². The molecule has 3 N–H and O–H groups in total. The molecule has 0 heterocycles. The molecule has 0 aliphatic heterocycles. The SMILES string of the molecule is CC(C)C(C)(CN)NC(=O)CCCOc1ccccc1Cl. The van der Waals surface area contributed by atoms with E-state index in [1.54, 1.807) is 6.07 Å². The van der Waals surface area contributed by atoms with Crippen LogP contribution in [0.2, 0.25) is 5.02 Å². The van der Waals surface area contributed by atoms with E-state index in [-0.39, 0.29) is 17.4 Å². The molecule has 0 saturated heterocycles. The molecule has 0 radical (unpaired) electrons. The first-order chi connectivity index (χ1) is 9.89. The maximum atomic E-state index is 12.0. The molecular weight excluding hydrogens is 288 g/mol. The molecule has 0 bridgehead atoms. The molecule has 1 atom stereocenters. The van der Waals surface area contributed by atoms with E-state index in [9.17, 15) is 4.79 Å². The minimum atomic E-state index is -0.360. The fraction of sp³-hybridized carbons (Fsp3) is 0.562. The quantitative estimate of drug-likeness (QED) is 0.725. The number of carbonyl (C=O) groups is 1. The zero-order valence-corrected chi connectivity index (χ0v) is 13.7. The van der Waals surface area contributed by atoms with Gasteiger partial charge in [0.1, 0.15) is 5.75 Å². The summed E-state index contributed by atoms with van der Waals surface area (Å²) in [5, 5.41) is 3.59. The van der Waals surface area contributed by atoms with Crippen LogP contribution in [0.4, 0.5) is 0 Å². The largest absolute Gasteiger partial charge is 0.492 e. The molecule has 0 aliphatic carbocycles. The van der Waals surface area contributed by atoms with Crippen molar-refractivity contribution < 1.29 is 9.53 Å². The maximum absolute atomic E-state index is 12.0. The number of carbonyl (C=O) groups excluding carboxylic acids is 1. The van der Waals surface area contributed by atoms with Crippen molar-refractivity contribution in [3.63, 3.8) is 0 Å². The summed E-state index contributed by atoms with van der Waals surface area (Å²) in [5.41, 5.74) is 5.39.